The van der Waals surface area contributed by atoms with E-state index in [0.29, 0.717) is 25.7 Å². The van der Waals surface area contributed by atoms with E-state index in [4.69, 9.17) is 10.5 Å². The van der Waals surface area contributed by atoms with Gasteiger partial charge in [-0.15, -0.1) is 0 Å². The molecule has 1 fully saturated rings. The summed E-state index contributed by atoms with van der Waals surface area (Å²) >= 11 is 0. The number of hydrogen-bond acceptors (Lipinski definition) is 8. The maximum atomic E-state index is 14.2. The van der Waals surface area contributed by atoms with Crippen LogP contribution >= 0.6 is 0 Å². The molecule has 0 saturated carbocycles. The highest BCUT2D eigenvalue weighted by Gasteiger charge is 2.40. The van der Waals surface area contributed by atoms with E-state index >= 15 is 0 Å². The zero-order chi connectivity index (χ0) is 36.9. The van der Waals surface area contributed by atoms with Crippen LogP contribution in [0.4, 0.5) is 4.79 Å². The molecule has 1 aliphatic heterocycles. The number of nitrogens with zero attached hydrogens (tertiary/aromatic N) is 1. The Balaban J connectivity index is 2.30. The van der Waals surface area contributed by atoms with Gasteiger partial charge in [0.25, 0.3) is 0 Å². The minimum absolute atomic E-state index is 0.0261. The number of benzene rings is 1. The molecule has 14 heteroatoms. The maximum absolute atomic E-state index is 14.2. The molecule has 1 heterocycles. The van der Waals surface area contributed by atoms with Crippen molar-refractivity contribution in [1.29, 1.82) is 0 Å². The van der Waals surface area contributed by atoms with Gasteiger partial charge in [-0.1, -0.05) is 58.0 Å². The average Bonchev–Trinajstić information content (AvgIpc) is 3.50. The van der Waals surface area contributed by atoms with Gasteiger partial charge >= 0.3 is 12.1 Å². The lowest BCUT2D eigenvalue weighted by Crippen LogP contribution is -2.59. The minimum Gasteiger partial charge on any atom is -0.480 e. The first-order chi connectivity index (χ1) is 22.9. The summed E-state index contributed by atoms with van der Waals surface area (Å²) in [6.45, 7) is 12.9. The highest BCUT2D eigenvalue weighted by molar-refractivity contribution is 5.96. The molecule has 0 radical (unpaired) electrons. The third-order valence-corrected chi connectivity index (χ3v) is 8.01. The molecule has 2 rings (SSSR count). The van der Waals surface area contributed by atoms with Crippen LogP contribution in [0.5, 0.6) is 0 Å². The van der Waals surface area contributed by atoms with Crippen LogP contribution in [0.25, 0.3) is 0 Å². The van der Waals surface area contributed by atoms with Gasteiger partial charge in [0.2, 0.25) is 23.6 Å². The number of carboxylic acids is 1. The number of likely N-dealkylation sites (tertiary alicyclic amines) is 1. The van der Waals surface area contributed by atoms with Crippen LogP contribution in [0.15, 0.2) is 30.3 Å². The molecule has 5 atom stereocenters. The van der Waals surface area contributed by atoms with Crippen molar-refractivity contribution >= 4 is 35.7 Å². The number of nitrogens with one attached hydrogen (secondary N) is 4. The molecule has 0 spiro atoms. The highest BCUT2D eigenvalue weighted by Crippen LogP contribution is 2.21. The lowest BCUT2D eigenvalue weighted by atomic mass is 10.00. The molecule has 1 aliphatic rings. The van der Waals surface area contributed by atoms with Crippen LogP contribution in [0.3, 0.4) is 0 Å². The molecule has 0 bridgehead atoms. The van der Waals surface area contributed by atoms with Gasteiger partial charge < -0.3 is 41.7 Å². The Kier molecular flexibility index (Phi) is 16.0. The van der Waals surface area contributed by atoms with E-state index in [1.54, 1.807) is 34.6 Å². The minimum atomic E-state index is -1.20. The number of carbonyl (C=O) groups excluding carboxylic acids is 5. The average molecular weight is 689 g/mol. The molecule has 0 aliphatic carbocycles. The number of amides is 5. The quantitative estimate of drug-likeness (QED) is 0.141. The van der Waals surface area contributed by atoms with Crippen LogP contribution in [-0.2, 0) is 35.1 Å². The third-order valence-electron chi connectivity index (χ3n) is 8.01. The fourth-order valence-corrected chi connectivity index (χ4v) is 5.60. The molecule has 1 saturated heterocycles. The molecule has 1 aromatic carbocycles. The number of hydrogen-bond donors (Lipinski definition) is 6. The number of rotatable bonds is 17. The number of carbonyl (C=O) groups is 6. The van der Waals surface area contributed by atoms with Gasteiger partial charge in [0, 0.05) is 13.0 Å². The standard InChI is InChI=1S/C35H56N6O8/c1-21(2)19-25(39-34(48)49-35(5,6)7)29(42)38-26(20-23-13-9-8-10-14-23)32(45)41-18-12-16-27(41)30(43)40-28(22(3)4)31(44)37-24(33(46)47)15-11-17-36/h8-10,13-14,21-22,24-28H,11-12,15-20,36H2,1-7H3,(H,37,44)(H,38,42)(H,39,48)(H,40,43)(H,46,47)/t24-,25-,26+,27-,28-/m0/s1. The Labute approximate surface area is 289 Å². The zero-order valence-corrected chi connectivity index (χ0v) is 29.9. The number of alkyl carbamates (subject to hydrolysis) is 1. The van der Waals surface area contributed by atoms with Crippen molar-refractivity contribution in [1.82, 2.24) is 26.2 Å². The largest absolute Gasteiger partial charge is 0.480 e. The van der Waals surface area contributed by atoms with Crippen LogP contribution in [0.1, 0.15) is 86.1 Å². The van der Waals surface area contributed by atoms with Crippen molar-refractivity contribution < 1.29 is 38.6 Å². The molecule has 14 nitrogen and oxygen atoms in total. The number of carboxylic acid groups (broad SMARTS) is 1. The van der Waals surface area contributed by atoms with E-state index < -0.39 is 71.5 Å². The summed E-state index contributed by atoms with van der Waals surface area (Å²) in [6.07, 6.45) is 1.05. The first-order valence-electron chi connectivity index (χ1n) is 17.1. The Hall–Kier alpha value is -4.20. The zero-order valence-electron chi connectivity index (χ0n) is 29.9. The summed E-state index contributed by atoms with van der Waals surface area (Å²) < 4.78 is 5.37. The van der Waals surface area contributed by atoms with Crippen molar-refractivity contribution in [2.24, 2.45) is 17.6 Å². The summed E-state index contributed by atoms with van der Waals surface area (Å²) in [7, 11) is 0. The molecule has 274 valence electrons. The van der Waals surface area contributed by atoms with Crippen molar-refractivity contribution in [3.8, 4) is 0 Å². The summed E-state index contributed by atoms with van der Waals surface area (Å²) in [5, 5.41) is 20.3. The molecule has 5 amide bonds. The van der Waals surface area contributed by atoms with Crippen LogP contribution in [0, 0.1) is 11.8 Å². The fourth-order valence-electron chi connectivity index (χ4n) is 5.60. The molecule has 0 unspecified atom stereocenters. The van der Waals surface area contributed by atoms with Crippen molar-refractivity contribution in [2.75, 3.05) is 13.1 Å². The molecule has 0 aromatic heterocycles. The molecule has 1 aromatic rings. The summed E-state index contributed by atoms with van der Waals surface area (Å²) in [5.74, 6) is -3.81. The van der Waals surface area contributed by atoms with Gasteiger partial charge in [-0.05, 0) is 76.8 Å². The lowest BCUT2D eigenvalue weighted by Gasteiger charge is -2.31. The lowest BCUT2D eigenvalue weighted by molar-refractivity contribution is -0.144. The van der Waals surface area contributed by atoms with Crippen molar-refractivity contribution in [3.05, 3.63) is 35.9 Å². The number of ether oxygens (including phenoxy) is 1. The first kappa shape index (κ1) is 41.0. The number of aliphatic carboxylic acids is 1. The molecule has 7 N–H and O–H groups in total. The van der Waals surface area contributed by atoms with Crippen molar-refractivity contribution in [2.45, 2.75) is 123 Å². The molecular weight excluding hydrogens is 632 g/mol. The second kappa shape index (κ2) is 19.1. The summed E-state index contributed by atoms with van der Waals surface area (Å²) in [5.41, 5.74) is 5.51. The van der Waals surface area contributed by atoms with E-state index in [-0.39, 0.29) is 37.8 Å². The Bertz CT molecular complexity index is 1280. The van der Waals surface area contributed by atoms with Crippen LogP contribution in [0.2, 0.25) is 0 Å². The van der Waals surface area contributed by atoms with Crippen LogP contribution < -0.4 is 27.0 Å². The summed E-state index contributed by atoms with van der Waals surface area (Å²) in [4.78, 5) is 80.5. The number of nitrogens with two attached hydrogens (primary N) is 1. The highest BCUT2D eigenvalue weighted by atomic mass is 16.6. The van der Waals surface area contributed by atoms with Gasteiger partial charge in [-0.2, -0.15) is 0 Å². The SMILES string of the molecule is CC(C)C[C@H](NC(=O)OC(C)(C)C)C(=O)N[C@H](Cc1ccccc1)C(=O)N1CCC[C@H]1C(=O)N[C@H](C(=O)N[C@@H](CCCN)C(=O)O)C(C)C. The van der Waals surface area contributed by atoms with Gasteiger partial charge in [-0.3, -0.25) is 19.2 Å². The normalized spacial score (nSPS) is 17.1. The van der Waals surface area contributed by atoms with E-state index in [9.17, 15) is 33.9 Å². The smallest absolute Gasteiger partial charge is 0.408 e. The van der Waals surface area contributed by atoms with Crippen molar-refractivity contribution in [3.63, 3.8) is 0 Å². The van der Waals surface area contributed by atoms with E-state index in [2.05, 4.69) is 21.3 Å². The van der Waals surface area contributed by atoms with Gasteiger partial charge in [0.1, 0.15) is 35.8 Å². The predicted octanol–water partition coefficient (Wildman–Crippen LogP) is 2.09. The predicted molar refractivity (Wildman–Crippen MR) is 184 cm³/mol. The van der Waals surface area contributed by atoms with E-state index in [0.717, 1.165) is 5.56 Å². The van der Waals surface area contributed by atoms with E-state index in [1.165, 1.54) is 4.90 Å². The monoisotopic (exact) mass is 688 g/mol. The molecular formula is C35H56N6O8. The van der Waals surface area contributed by atoms with E-state index in [1.807, 2.05) is 44.2 Å². The topological polar surface area (TPSA) is 209 Å². The van der Waals surface area contributed by atoms with Crippen LogP contribution in [-0.4, -0.2) is 94.6 Å². The molecule has 49 heavy (non-hydrogen) atoms. The third kappa shape index (κ3) is 13.7. The van der Waals surface area contributed by atoms with Gasteiger partial charge in [0.15, 0.2) is 0 Å². The van der Waals surface area contributed by atoms with Gasteiger partial charge in [0.05, 0.1) is 0 Å². The second-order valence-corrected chi connectivity index (χ2v) is 14.3. The fraction of sp³-hybridized carbons (Fsp3) is 0.657. The Morgan fingerprint density at radius 2 is 1.55 bits per heavy atom. The van der Waals surface area contributed by atoms with Gasteiger partial charge in [-0.25, -0.2) is 9.59 Å². The maximum Gasteiger partial charge on any atom is 0.408 e. The Morgan fingerprint density at radius 1 is 0.918 bits per heavy atom. The Morgan fingerprint density at radius 3 is 2.10 bits per heavy atom. The first-order valence-corrected chi connectivity index (χ1v) is 17.1. The second-order valence-electron chi connectivity index (χ2n) is 14.3. The summed E-state index contributed by atoms with van der Waals surface area (Å²) in [6, 6.07) is 3.94.